The van der Waals surface area contributed by atoms with Crippen LogP contribution in [-0.4, -0.2) is 27.2 Å². The van der Waals surface area contributed by atoms with Crippen LogP contribution >= 0.6 is 22.6 Å². The number of nitrogens with two attached hydrogens (primary N) is 1. The molecule has 5 heteroatoms. The molecule has 0 aliphatic heterocycles. The fourth-order valence-electron chi connectivity index (χ4n) is 1.28. The van der Waals surface area contributed by atoms with Crippen molar-refractivity contribution in [2.45, 2.75) is 0 Å². The maximum absolute atomic E-state index is 13.3. The Bertz CT molecular complexity index is 344. The van der Waals surface area contributed by atoms with E-state index in [1.54, 1.807) is 6.07 Å². The van der Waals surface area contributed by atoms with Crippen LogP contribution in [0, 0.1) is 9.39 Å². The van der Waals surface area contributed by atoms with Crippen molar-refractivity contribution in [1.29, 1.82) is 0 Å². The minimum atomic E-state index is -0.226. The largest absolute Gasteiger partial charge is 0.397 e. The third-order valence-corrected chi connectivity index (χ3v) is 3.00. The second kappa shape index (κ2) is 5.50. The highest BCUT2D eigenvalue weighted by Gasteiger charge is 2.09. The summed E-state index contributed by atoms with van der Waals surface area (Å²) in [7, 11) is 3.78. The Morgan fingerprint density at radius 3 is 2.80 bits per heavy atom. The Morgan fingerprint density at radius 1 is 1.53 bits per heavy atom. The lowest BCUT2D eigenvalue weighted by Crippen LogP contribution is -2.27. The molecule has 1 aromatic carbocycles. The number of rotatable bonds is 4. The van der Waals surface area contributed by atoms with Crippen LogP contribution in [0.5, 0.6) is 0 Å². The molecule has 0 aliphatic carbocycles. The number of halogens is 2. The third kappa shape index (κ3) is 3.20. The van der Waals surface area contributed by atoms with Crippen LogP contribution < -0.4 is 16.0 Å². The van der Waals surface area contributed by atoms with Gasteiger partial charge in [0, 0.05) is 26.2 Å². The zero-order valence-electron chi connectivity index (χ0n) is 8.85. The summed E-state index contributed by atoms with van der Waals surface area (Å²) < 4.78 is 13.9. The lowest BCUT2D eigenvalue weighted by atomic mass is 10.2. The van der Waals surface area contributed by atoms with E-state index in [0.717, 1.165) is 18.8 Å². The smallest absolute Gasteiger partial charge is 0.138 e. The summed E-state index contributed by atoms with van der Waals surface area (Å²) >= 11 is 1.93. The Morgan fingerprint density at radius 2 is 2.20 bits per heavy atom. The second-order valence-corrected chi connectivity index (χ2v) is 4.51. The van der Waals surface area contributed by atoms with Gasteiger partial charge in [0.15, 0.2) is 0 Å². The molecular formula is C10H15FIN3. The number of nitrogens with zero attached hydrogens (tertiary/aromatic N) is 1. The molecule has 0 heterocycles. The maximum Gasteiger partial charge on any atom is 0.138 e. The first-order valence-electron chi connectivity index (χ1n) is 4.66. The molecule has 0 bridgehead atoms. The average molecular weight is 323 g/mol. The van der Waals surface area contributed by atoms with Crippen LogP contribution in [0.3, 0.4) is 0 Å². The summed E-state index contributed by atoms with van der Waals surface area (Å²) in [6, 6.07) is 3.13. The predicted octanol–water partition coefficient (Wildman–Crippen LogP) is 1.67. The number of nitrogens with one attached hydrogen (secondary N) is 1. The summed E-state index contributed by atoms with van der Waals surface area (Å²) in [5, 5.41) is 3.04. The van der Waals surface area contributed by atoms with Gasteiger partial charge >= 0.3 is 0 Å². The maximum atomic E-state index is 13.3. The number of benzene rings is 1. The van der Waals surface area contributed by atoms with Crippen molar-refractivity contribution in [3.05, 3.63) is 21.5 Å². The van der Waals surface area contributed by atoms with E-state index in [1.165, 1.54) is 6.07 Å². The van der Waals surface area contributed by atoms with Gasteiger partial charge in [0.25, 0.3) is 0 Å². The van der Waals surface area contributed by atoms with Crippen molar-refractivity contribution in [1.82, 2.24) is 5.32 Å². The van der Waals surface area contributed by atoms with E-state index >= 15 is 0 Å². The SMILES string of the molecule is CNCCN(C)c1cc(F)c(I)cc1N. The van der Waals surface area contributed by atoms with Gasteiger partial charge in [0.05, 0.1) is 14.9 Å². The lowest BCUT2D eigenvalue weighted by Gasteiger charge is -2.21. The van der Waals surface area contributed by atoms with E-state index in [1.807, 2.05) is 41.6 Å². The van der Waals surface area contributed by atoms with Gasteiger partial charge in [-0.1, -0.05) is 0 Å². The summed E-state index contributed by atoms with van der Waals surface area (Å²) in [5.41, 5.74) is 7.18. The molecule has 0 saturated heterocycles. The van der Waals surface area contributed by atoms with Gasteiger partial charge in [-0.2, -0.15) is 0 Å². The van der Waals surface area contributed by atoms with Crippen molar-refractivity contribution in [3.8, 4) is 0 Å². The molecule has 1 rings (SSSR count). The van der Waals surface area contributed by atoms with Gasteiger partial charge in [0.1, 0.15) is 5.82 Å². The van der Waals surface area contributed by atoms with E-state index in [0.29, 0.717) is 9.26 Å². The van der Waals surface area contributed by atoms with E-state index in [2.05, 4.69) is 5.32 Å². The molecule has 15 heavy (non-hydrogen) atoms. The van der Waals surface area contributed by atoms with E-state index < -0.39 is 0 Å². The summed E-state index contributed by atoms with van der Waals surface area (Å²) in [6.07, 6.45) is 0. The van der Waals surface area contributed by atoms with Crippen molar-refractivity contribution < 1.29 is 4.39 Å². The molecule has 0 saturated carbocycles. The number of likely N-dealkylation sites (N-methyl/N-ethyl adjacent to an activating group) is 2. The van der Waals surface area contributed by atoms with Crippen LogP contribution in [0.1, 0.15) is 0 Å². The second-order valence-electron chi connectivity index (χ2n) is 3.35. The fourth-order valence-corrected chi connectivity index (χ4v) is 1.77. The topological polar surface area (TPSA) is 41.3 Å². The monoisotopic (exact) mass is 323 g/mol. The summed E-state index contributed by atoms with van der Waals surface area (Å²) in [4.78, 5) is 1.94. The van der Waals surface area contributed by atoms with Crippen LogP contribution in [0.2, 0.25) is 0 Å². The fraction of sp³-hybridized carbons (Fsp3) is 0.400. The first-order valence-corrected chi connectivity index (χ1v) is 5.74. The van der Waals surface area contributed by atoms with Gasteiger partial charge in [-0.25, -0.2) is 4.39 Å². The molecule has 0 unspecified atom stereocenters. The average Bonchev–Trinajstić information content (AvgIpc) is 2.20. The van der Waals surface area contributed by atoms with Gasteiger partial charge in [-0.3, -0.25) is 0 Å². The summed E-state index contributed by atoms with van der Waals surface area (Å²) in [6.45, 7) is 1.63. The zero-order valence-corrected chi connectivity index (χ0v) is 11.0. The molecule has 3 N–H and O–H groups in total. The number of nitrogen functional groups attached to an aromatic ring is 1. The molecule has 3 nitrogen and oxygen atoms in total. The molecule has 0 aromatic heterocycles. The van der Waals surface area contributed by atoms with Crippen LogP contribution in [-0.2, 0) is 0 Å². The lowest BCUT2D eigenvalue weighted by molar-refractivity contribution is 0.619. The van der Waals surface area contributed by atoms with Crippen molar-refractivity contribution >= 4 is 34.0 Å². The van der Waals surface area contributed by atoms with Crippen LogP contribution in [0.25, 0.3) is 0 Å². The number of anilines is 2. The Hall–Kier alpha value is -0.560. The molecule has 84 valence electrons. The van der Waals surface area contributed by atoms with Gasteiger partial charge in [0.2, 0.25) is 0 Å². The first kappa shape index (κ1) is 12.5. The van der Waals surface area contributed by atoms with Gasteiger partial charge in [-0.05, 0) is 35.7 Å². The molecule has 0 spiro atoms. The molecule has 0 aliphatic rings. The van der Waals surface area contributed by atoms with Crippen LogP contribution in [0.4, 0.5) is 15.8 Å². The quantitative estimate of drug-likeness (QED) is 0.654. The first-order chi connectivity index (χ1) is 7.06. The van der Waals surface area contributed by atoms with E-state index in [9.17, 15) is 4.39 Å². The standard InChI is InChI=1S/C10H15FIN3/c1-14-3-4-15(2)10-5-7(11)8(12)6-9(10)13/h5-6,14H,3-4,13H2,1-2H3. The normalized spacial score (nSPS) is 10.4. The molecular weight excluding hydrogens is 308 g/mol. The number of hydrogen-bond donors (Lipinski definition) is 2. The minimum absolute atomic E-state index is 0.226. The highest BCUT2D eigenvalue weighted by Crippen LogP contribution is 2.26. The highest BCUT2D eigenvalue weighted by atomic mass is 127. The van der Waals surface area contributed by atoms with E-state index in [-0.39, 0.29) is 5.82 Å². The molecule has 0 fully saturated rings. The molecule has 0 atom stereocenters. The third-order valence-electron chi connectivity index (χ3n) is 2.18. The van der Waals surface area contributed by atoms with Crippen molar-refractivity contribution in [2.24, 2.45) is 0 Å². The van der Waals surface area contributed by atoms with Gasteiger partial charge in [-0.15, -0.1) is 0 Å². The van der Waals surface area contributed by atoms with E-state index in [4.69, 9.17) is 5.73 Å². The highest BCUT2D eigenvalue weighted by molar-refractivity contribution is 14.1. The van der Waals surface area contributed by atoms with Crippen molar-refractivity contribution in [3.63, 3.8) is 0 Å². The predicted molar refractivity (Wildman–Crippen MR) is 70.7 cm³/mol. The van der Waals surface area contributed by atoms with Crippen molar-refractivity contribution in [2.75, 3.05) is 37.8 Å². The zero-order chi connectivity index (χ0) is 11.4. The number of hydrogen-bond acceptors (Lipinski definition) is 3. The molecule has 0 amide bonds. The Balaban J connectivity index is 2.88. The minimum Gasteiger partial charge on any atom is -0.397 e. The van der Waals surface area contributed by atoms with Crippen LogP contribution in [0.15, 0.2) is 12.1 Å². The molecule has 0 radical (unpaired) electrons. The Labute approximate surface area is 103 Å². The van der Waals surface area contributed by atoms with Gasteiger partial charge < -0.3 is 16.0 Å². The Kier molecular flexibility index (Phi) is 4.59. The summed E-state index contributed by atoms with van der Waals surface area (Å²) in [5.74, 6) is -0.226. The molecule has 1 aromatic rings.